The summed E-state index contributed by atoms with van der Waals surface area (Å²) in [6.45, 7) is 22.5. The largest absolute Gasteiger partial charge is 0.442 e. The molecular weight excluding hydrogens is 660 g/mol. The number of aliphatic hydroxyl groups is 1. The highest BCUT2D eigenvalue weighted by molar-refractivity contribution is 7.09. The smallest absolute Gasteiger partial charge is 0.429 e. The van der Waals surface area contributed by atoms with Gasteiger partial charge in [0.1, 0.15) is 11.6 Å². The van der Waals surface area contributed by atoms with Crippen LogP contribution in [-0.2, 0) is 30.3 Å². The minimum atomic E-state index is -1.06. The molecule has 0 radical (unpaired) electrons. The highest BCUT2D eigenvalue weighted by Gasteiger charge is 2.31. The summed E-state index contributed by atoms with van der Waals surface area (Å²) in [5.74, 6) is -2.31. The maximum Gasteiger partial charge on any atom is 0.429 e. The van der Waals surface area contributed by atoms with Gasteiger partial charge in [-0.25, -0.2) is 14.8 Å². The summed E-state index contributed by atoms with van der Waals surface area (Å²) >= 11 is 1.47. The number of hydrogen-bond acceptors (Lipinski definition) is 9. The van der Waals surface area contributed by atoms with Crippen LogP contribution in [0.25, 0.3) is 0 Å². The summed E-state index contributed by atoms with van der Waals surface area (Å²) in [6, 6.07) is -1.40. The summed E-state index contributed by atoms with van der Waals surface area (Å²) < 4.78 is 5.51. The maximum absolute atomic E-state index is 13.3. The standard InChI is InChI=1S/C36H64N6O7S/c1-13-26(18-30-38-25(9)20-50-30)33(46)41-42(35(48)49-36(10,11)12)15-14-29(44)39-27(16-21(2)3)28(43)17-24(8)32(45)40-31(23(6)7)34(47)37-19-22(4)5/h20-24,26-28,31,43H,13-19H2,1-12H3,(H,37,47)(H,39,44)(H,40,45)(H,41,46). The SMILES string of the molecule is CCC(Cc1nc(C)cs1)C(=O)NN(CCC(=O)NC(CC(C)C)C(O)CC(C)C(=O)NC(C(=O)NCC(C)C)C(C)C)C(=O)OC(C)(C)C. The van der Waals surface area contributed by atoms with Crippen LogP contribution in [0.4, 0.5) is 4.79 Å². The number of thiazole rings is 1. The Morgan fingerprint density at radius 2 is 1.58 bits per heavy atom. The van der Waals surface area contributed by atoms with Crippen molar-refractivity contribution >= 4 is 41.1 Å². The molecule has 0 saturated carbocycles. The number of amides is 5. The molecule has 1 heterocycles. The minimum absolute atomic E-state index is 0.0546. The lowest BCUT2D eigenvalue weighted by molar-refractivity contribution is -0.132. The second-order valence-corrected chi connectivity index (χ2v) is 16.4. The third kappa shape index (κ3) is 17.1. The Balaban J connectivity index is 2.97. The van der Waals surface area contributed by atoms with Gasteiger partial charge in [-0.2, -0.15) is 0 Å². The number of ether oxygens (including phenoxy) is 1. The predicted octanol–water partition coefficient (Wildman–Crippen LogP) is 4.51. The van der Waals surface area contributed by atoms with E-state index >= 15 is 0 Å². The number of carbonyl (C=O) groups excluding carboxylic acids is 5. The molecule has 5 unspecified atom stereocenters. The van der Waals surface area contributed by atoms with Crippen molar-refractivity contribution in [2.45, 2.75) is 139 Å². The van der Waals surface area contributed by atoms with Gasteiger partial charge in [0.15, 0.2) is 0 Å². The monoisotopic (exact) mass is 724 g/mol. The molecule has 286 valence electrons. The van der Waals surface area contributed by atoms with Gasteiger partial charge in [-0.1, -0.05) is 55.4 Å². The van der Waals surface area contributed by atoms with Crippen LogP contribution >= 0.6 is 11.3 Å². The molecular formula is C36H64N6O7S. The molecule has 0 fully saturated rings. The Kier molecular flexibility index (Phi) is 19.0. The van der Waals surface area contributed by atoms with Crippen LogP contribution in [0.1, 0.15) is 113 Å². The Hall–Kier alpha value is -3.26. The molecule has 13 nitrogen and oxygen atoms in total. The number of rotatable bonds is 19. The number of nitrogens with zero attached hydrogens (tertiary/aromatic N) is 2. The molecule has 0 bridgehead atoms. The van der Waals surface area contributed by atoms with Crippen molar-refractivity contribution in [1.29, 1.82) is 0 Å². The average Bonchev–Trinajstić information content (AvgIpc) is 3.41. The molecule has 14 heteroatoms. The van der Waals surface area contributed by atoms with Crippen molar-refractivity contribution in [2.75, 3.05) is 13.1 Å². The van der Waals surface area contributed by atoms with Gasteiger partial charge in [0.05, 0.1) is 23.7 Å². The lowest BCUT2D eigenvalue weighted by atomic mass is 9.92. The summed E-state index contributed by atoms with van der Waals surface area (Å²) in [5.41, 5.74) is 2.70. The molecule has 50 heavy (non-hydrogen) atoms. The van der Waals surface area contributed by atoms with Crippen LogP contribution in [0.5, 0.6) is 0 Å². The molecule has 5 N–H and O–H groups in total. The first-order chi connectivity index (χ1) is 23.1. The number of carbonyl (C=O) groups is 5. The topological polar surface area (TPSA) is 179 Å². The predicted molar refractivity (Wildman–Crippen MR) is 196 cm³/mol. The van der Waals surface area contributed by atoms with Gasteiger partial charge in [-0.3, -0.25) is 24.6 Å². The van der Waals surface area contributed by atoms with Crippen LogP contribution in [0.15, 0.2) is 5.38 Å². The molecule has 1 aromatic rings. The summed E-state index contributed by atoms with van der Waals surface area (Å²) in [4.78, 5) is 70.0. The highest BCUT2D eigenvalue weighted by Crippen LogP contribution is 2.19. The number of hydrazine groups is 1. The lowest BCUT2D eigenvalue weighted by Gasteiger charge is -2.30. The number of nitrogens with one attached hydrogen (secondary N) is 4. The molecule has 0 saturated heterocycles. The van der Waals surface area contributed by atoms with Crippen LogP contribution in [0.2, 0.25) is 0 Å². The number of aryl methyl sites for hydroxylation is 1. The second kappa shape index (κ2) is 21.2. The first-order valence-electron chi connectivity index (χ1n) is 17.9. The number of aliphatic hydroxyl groups excluding tert-OH is 1. The van der Waals surface area contributed by atoms with E-state index in [1.54, 1.807) is 27.7 Å². The molecule has 1 aromatic heterocycles. The van der Waals surface area contributed by atoms with Gasteiger partial charge in [-0.15, -0.1) is 11.3 Å². The fourth-order valence-electron chi connectivity index (χ4n) is 5.05. The summed E-state index contributed by atoms with van der Waals surface area (Å²) in [7, 11) is 0. The zero-order valence-corrected chi connectivity index (χ0v) is 33.2. The maximum atomic E-state index is 13.3. The Bertz CT molecular complexity index is 1250. The van der Waals surface area contributed by atoms with Crippen molar-refractivity contribution in [2.24, 2.45) is 29.6 Å². The van der Waals surface area contributed by atoms with Crippen molar-refractivity contribution in [1.82, 2.24) is 31.4 Å². The minimum Gasteiger partial charge on any atom is -0.442 e. The number of aromatic nitrogens is 1. The van der Waals surface area contributed by atoms with E-state index in [0.717, 1.165) is 15.7 Å². The summed E-state index contributed by atoms with van der Waals surface area (Å²) in [6.07, 6.45) is -0.612. The molecule has 5 atom stereocenters. The second-order valence-electron chi connectivity index (χ2n) is 15.4. The molecule has 5 amide bonds. The van der Waals surface area contributed by atoms with Crippen molar-refractivity contribution in [3.8, 4) is 0 Å². The Morgan fingerprint density at radius 3 is 2.08 bits per heavy atom. The Morgan fingerprint density at radius 1 is 0.940 bits per heavy atom. The molecule has 0 aliphatic heterocycles. The quantitative estimate of drug-likeness (QED) is 0.129. The molecule has 0 aromatic carbocycles. The van der Waals surface area contributed by atoms with E-state index in [2.05, 4.69) is 26.4 Å². The van der Waals surface area contributed by atoms with Crippen LogP contribution in [0, 0.1) is 36.5 Å². The zero-order valence-electron chi connectivity index (χ0n) is 32.3. The molecule has 0 spiro atoms. The van der Waals surface area contributed by atoms with Gasteiger partial charge in [0, 0.05) is 42.3 Å². The van der Waals surface area contributed by atoms with E-state index in [1.807, 2.05) is 60.8 Å². The van der Waals surface area contributed by atoms with E-state index in [9.17, 15) is 29.1 Å². The fourth-order valence-corrected chi connectivity index (χ4v) is 5.91. The van der Waals surface area contributed by atoms with Gasteiger partial charge < -0.3 is 25.8 Å². The Labute approximate surface area is 303 Å². The zero-order chi connectivity index (χ0) is 38.3. The van der Waals surface area contributed by atoms with E-state index < -0.39 is 47.6 Å². The first-order valence-corrected chi connectivity index (χ1v) is 18.8. The van der Waals surface area contributed by atoms with Crippen LogP contribution in [-0.4, -0.2) is 81.7 Å². The number of hydrogen-bond donors (Lipinski definition) is 5. The fraction of sp³-hybridized carbons (Fsp3) is 0.778. The van der Waals surface area contributed by atoms with Gasteiger partial charge in [0.2, 0.25) is 23.6 Å². The third-order valence-corrected chi connectivity index (χ3v) is 8.87. The lowest BCUT2D eigenvalue weighted by Crippen LogP contribution is -2.53. The van der Waals surface area contributed by atoms with Gasteiger partial charge in [-0.05, 0) is 64.7 Å². The van der Waals surface area contributed by atoms with Crippen molar-refractivity contribution in [3.63, 3.8) is 0 Å². The third-order valence-electron chi connectivity index (χ3n) is 7.88. The van der Waals surface area contributed by atoms with Crippen molar-refractivity contribution in [3.05, 3.63) is 16.1 Å². The molecule has 1 rings (SSSR count). The van der Waals surface area contributed by atoms with E-state index in [0.29, 0.717) is 25.8 Å². The summed E-state index contributed by atoms with van der Waals surface area (Å²) in [5, 5.41) is 23.6. The van der Waals surface area contributed by atoms with E-state index in [-0.39, 0.29) is 54.9 Å². The van der Waals surface area contributed by atoms with Crippen molar-refractivity contribution < 1.29 is 33.8 Å². The molecule has 0 aliphatic rings. The van der Waals surface area contributed by atoms with Gasteiger partial charge >= 0.3 is 6.09 Å². The van der Waals surface area contributed by atoms with Crippen LogP contribution in [0.3, 0.4) is 0 Å². The highest BCUT2D eigenvalue weighted by atomic mass is 32.1. The van der Waals surface area contributed by atoms with Gasteiger partial charge in [0.25, 0.3) is 0 Å². The van der Waals surface area contributed by atoms with Crippen LogP contribution < -0.4 is 21.4 Å². The normalized spacial score (nSPS) is 14.8. The first kappa shape index (κ1) is 44.8. The average molecular weight is 725 g/mol. The molecule has 0 aliphatic carbocycles. The van der Waals surface area contributed by atoms with E-state index in [4.69, 9.17) is 4.74 Å². The van der Waals surface area contributed by atoms with E-state index in [1.165, 1.54) is 11.3 Å².